The van der Waals surface area contributed by atoms with Crippen LogP contribution in [0.5, 0.6) is 0 Å². The molecule has 0 fully saturated rings. The highest BCUT2D eigenvalue weighted by Crippen LogP contribution is 2.15. The van der Waals surface area contributed by atoms with Crippen LogP contribution in [-0.4, -0.2) is 36.0 Å². The van der Waals surface area contributed by atoms with Crippen LogP contribution in [0, 0.1) is 20.8 Å². The number of aryl methyl sites for hydroxylation is 3. The third kappa shape index (κ3) is 4.46. The summed E-state index contributed by atoms with van der Waals surface area (Å²) in [7, 11) is 0. The topological polar surface area (TPSA) is 52.5 Å². The molecule has 1 rings (SSSR count). The average molecular weight is 237 g/mol. The Morgan fingerprint density at radius 1 is 1.12 bits per heavy atom. The highest BCUT2D eigenvalue weighted by Gasteiger charge is 2.03. The lowest BCUT2D eigenvalue weighted by molar-refractivity contribution is 0.0947. The molecule has 1 atom stereocenters. The van der Waals surface area contributed by atoms with E-state index >= 15 is 0 Å². The molecule has 3 N–H and O–H groups in total. The SMILES string of the molecule is Cc1cc(C)c(CCNCC(O)CO)cc1C. The van der Waals surface area contributed by atoms with Crippen molar-refractivity contribution in [1.29, 1.82) is 0 Å². The maximum absolute atomic E-state index is 9.18. The summed E-state index contributed by atoms with van der Waals surface area (Å²) in [4.78, 5) is 0. The summed E-state index contributed by atoms with van der Waals surface area (Å²) < 4.78 is 0. The Kier molecular flexibility index (Phi) is 5.62. The van der Waals surface area contributed by atoms with Gasteiger partial charge in [0.25, 0.3) is 0 Å². The fraction of sp³-hybridized carbons (Fsp3) is 0.571. The number of aliphatic hydroxyl groups excluding tert-OH is 2. The Balaban J connectivity index is 2.44. The smallest absolute Gasteiger partial charge is 0.0894 e. The molecule has 1 aromatic carbocycles. The highest BCUT2D eigenvalue weighted by atomic mass is 16.3. The van der Waals surface area contributed by atoms with E-state index in [1.807, 2.05) is 0 Å². The van der Waals surface area contributed by atoms with Crippen molar-refractivity contribution in [2.75, 3.05) is 19.7 Å². The van der Waals surface area contributed by atoms with Gasteiger partial charge in [-0.15, -0.1) is 0 Å². The van der Waals surface area contributed by atoms with Crippen molar-refractivity contribution in [3.05, 3.63) is 34.4 Å². The van der Waals surface area contributed by atoms with Crippen LogP contribution in [0.1, 0.15) is 22.3 Å². The summed E-state index contributed by atoms with van der Waals surface area (Å²) in [5.74, 6) is 0. The molecule has 0 bridgehead atoms. The van der Waals surface area contributed by atoms with E-state index in [2.05, 4.69) is 38.2 Å². The van der Waals surface area contributed by atoms with Crippen LogP contribution in [0.15, 0.2) is 12.1 Å². The molecule has 1 unspecified atom stereocenters. The van der Waals surface area contributed by atoms with Crippen LogP contribution in [0.4, 0.5) is 0 Å². The molecule has 3 nitrogen and oxygen atoms in total. The van der Waals surface area contributed by atoms with E-state index in [0.29, 0.717) is 6.54 Å². The molecule has 0 aliphatic carbocycles. The molecule has 0 aromatic heterocycles. The van der Waals surface area contributed by atoms with Gasteiger partial charge in [-0.3, -0.25) is 0 Å². The third-order valence-corrected chi connectivity index (χ3v) is 3.11. The molecule has 96 valence electrons. The molecule has 0 saturated heterocycles. The molecule has 0 heterocycles. The first-order valence-corrected chi connectivity index (χ1v) is 6.11. The quantitative estimate of drug-likeness (QED) is 0.649. The maximum Gasteiger partial charge on any atom is 0.0894 e. The monoisotopic (exact) mass is 237 g/mol. The summed E-state index contributed by atoms with van der Waals surface area (Å²) in [6, 6.07) is 4.45. The highest BCUT2D eigenvalue weighted by molar-refractivity contribution is 5.36. The molecule has 0 aliphatic heterocycles. The van der Waals surface area contributed by atoms with Crippen LogP contribution < -0.4 is 5.32 Å². The van der Waals surface area contributed by atoms with Crippen molar-refractivity contribution < 1.29 is 10.2 Å². The lowest BCUT2D eigenvalue weighted by atomic mass is 9.99. The molecule has 0 saturated carbocycles. The van der Waals surface area contributed by atoms with Crippen LogP contribution in [0.25, 0.3) is 0 Å². The van der Waals surface area contributed by atoms with Crippen molar-refractivity contribution in [2.24, 2.45) is 0 Å². The molecular weight excluding hydrogens is 214 g/mol. The van der Waals surface area contributed by atoms with Gasteiger partial charge in [-0.25, -0.2) is 0 Å². The van der Waals surface area contributed by atoms with Crippen LogP contribution >= 0.6 is 0 Å². The van der Waals surface area contributed by atoms with Crippen LogP contribution in [0.3, 0.4) is 0 Å². The molecule has 0 radical (unpaired) electrons. The normalized spacial score (nSPS) is 12.8. The van der Waals surface area contributed by atoms with Gasteiger partial charge in [-0.05, 0) is 56.0 Å². The number of hydrogen-bond acceptors (Lipinski definition) is 3. The molecule has 0 aliphatic rings. The standard InChI is InChI=1S/C14H23NO2/c1-10-6-12(3)13(7-11(10)2)4-5-15-8-14(17)9-16/h6-7,14-17H,4-5,8-9H2,1-3H3. The summed E-state index contributed by atoms with van der Waals surface area (Å²) >= 11 is 0. The van der Waals surface area contributed by atoms with Gasteiger partial charge in [0.15, 0.2) is 0 Å². The molecule has 17 heavy (non-hydrogen) atoms. The molecule has 3 heteroatoms. The van der Waals surface area contributed by atoms with Crippen molar-refractivity contribution in [1.82, 2.24) is 5.32 Å². The Labute approximate surface area is 103 Å². The van der Waals surface area contributed by atoms with Gasteiger partial charge in [0.2, 0.25) is 0 Å². The van der Waals surface area contributed by atoms with Crippen molar-refractivity contribution in [2.45, 2.75) is 33.3 Å². The lowest BCUT2D eigenvalue weighted by Gasteiger charge is -2.12. The van der Waals surface area contributed by atoms with Gasteiger partial charge in [0.1, 0.15) is 0 Å². The first kappa shape index (κ1) is 14.2. The minimum atomic E-state index is -0.657. The number of hydrogen-bond donors (Lipinski definition) is 3. The molecule has 0 amide bonds. The van der Waals surface area contributed by atoms with E-state index in [9.17, 15) is 5.11 Å². The fourth-order valence-electron chi connectivity index (χ4n) is 1.85. The Morgan fingerprint density at radius 2 is 1.76 bits per heavy atom. The zero-order valence-electron chi connectivity index (χ0n) is 11.0. The van der Waals surface area contributed by atoms with E-state index in [1.54, 1.807) is 0 Å². The number of aliphatic hydroxyl groups is 2. The number of benzene rings is 1. The molecular formula is C14H23NO2. The van der Waals surface area contributed by atoms with Crippen LogP contribution in [0.2, 0.25) is 0 Å². The fourth-order valence-corrected chi connectivity index (χ4v) is 1.85. The maximum atomic E-state index is 9.18. The summed E-state index contributed by atoms with van der Waals surface area (Å²) in [5, 5.41) is 21.0. The molecule has 1 aromatic rings. The average Bonchev–Trinajstić information content (AvgIpc) is 2.30. The molecule has 0 spiro atoms. The zero-order chi connectivity index (χ0) is 12.8. The summed E-state index contributed by atoms with van der Waals surface area (Å²) in [5.41, 5.74) is 5.31. The van der Waals surface area contributed by atoms with Gasteiger partial charge in [-0.2, -0.15) is 0 Å². The second-order valence-corrected chi connectivity index (χ2v) is 4.65. The van der Waals surface area contributed by atoms with E-state index in [1.165, 1.54) is 22.3 Å². The van der Waals surface area contributed by atoms with Crippen molar-refractivity contribution in [3.63, 3.8) is 0 Å². The second kappa shape index (κ2) is 6.74. The van der Waals surface area contributed by atoms with E-state index in [4.69, 9.17) is 5.11 Å². The van der Waals surface area contributed by atoms with Crippen molar-refractivity contribution >= 4 is 0 Å². The Hall–Kier alpha value is -0.900. The van der Waals surface area contributed by atoms with Gasteiger partial charge in [-0.1, -0.05) is 12.1 Å². The minimum absolute atomic E-state index is 0.185. The van der Waals surface area contributed by atoms with E-state index in [0.717, 1.165) is 13.0 Å². The van der Waals surface area contributed by atoms with E-state index < -0.39 is 6.10 Å². The summed E-state index contributed by atoms with van der Waals surface area (Å²) in [6.07, 6.45) is 0.293. The van der Waals surface area contributed by atoms with Gasteiger partial charge in [0, 0.05) is 6.54 Å². The predicted molar refractivity (Wildman–Crippen MR) is 70.3 cm³/mol. The minimum Gasteiger partial charge on any atom is -0.394 e. The number of rotatable bonds is 6. The van der Waals surface area contributed by atoms with Crippen molar-refractivity contribution in [3.8, 4) is 0 Å². The third-order valence-electron chi connectivity index (χ3n) is 3.11. The van der Waals surface area contributed by atoms with Gasteiger partial charge in [0.05, 0.1) is 12.7 Å². The lowest BCUT2D eigenvalue weighted by Crippen LogP contribution is -2.30. The largest absolute Gasteiger partial charge is 0.394 e. The Morgan fingerprint density at radius 3 is 2.41 bits per heavy atom. The van der Waals surface area contributed by atoms with Crippen LogP contribution in [-0.2, 0) is 6.42 Å². The number of nitrogens with one attached hydrogen (secondary N) is 1. The first-order chi connectivity index (χ1) is 8.04. The van der Waals surface area contributed by atoms with Gasteiger partial charge >= 0.3 is 0 Å². The van der Waals surface area contributed by atoms with Gasteiger partial charge < -0.3 is 15.5 Å². The second-order valence-electron chi connectivity index (χ2n) is 4.65. The first-order valence-electron chi connectivity index (χ1n) is 6.11. The Bertz CT molecular complexity index is 363. The zero-order valence-corrected chi connectivity index (χ0v) is 11.0. The van der Waals surface area contributed by atoms with E-state index in [-0.39, 0.29) is 6.61 Å². The summed E-state index contributed by atoms with van der Waals surface area (Å²) in [6.45, 7) is 7.46. The predicted octanol–water partition coefficient (Wildman–Crippen LogP) is 1.10.